The van der Waals surface area contributed by atoms with Crippen LogP contribution in [0.4, 0.5) is 0 Å². The highest BCUT2D eigenvalue weighted by molar-refractivity contribution is 9.12. The number of ether oxygens (including phenoxy) is 2. The van der Waals surface area contributed by atoms with E-state index < -0.39 is 33.2 Å². The second kappa shape index (κ2) is 7.54. The topological polar surface area (TPSA) is 86.7 Å². The van der Waals surface area contributed by atoms with Gasteiger partial charge in [-0.1, -0.05) is 31.9 Å². The van der Waals surface area contributed by atoms with E-state index in [1.54, 1.807) is 6.92 Å². The molecule has 0 aliphatic heterocycles. The highest BCUT2D eigenvalue weighted by Crippen LogP contribution is 2.17. The van der Waals surface area contributed by atoms with Gasteiger partial charge in [0.15, 0.2) is 0 Å². The van der Waals surface area contributed by atoms with E-state index in [-0.39, 0.29) is 6.61 Å². The molecule has 0 heterocycles. The van der Waals surface area contributed by atoms with E-state index in [9.17, 15) is 19.2 Å². The molecule has 17 heavy (non-hydrogen) atoms. The molecule has 2 unspecified atom stereocenters. The summed E-state index contributed by atoms with van der Waals surface area (Å²) in [5, 5.41) is 0. The Morgan fingerprint density at radius 3 is 1.76 bits per heavy atom. The summed E-state index contributed by atoms with van der Waals surface area (Å²) in [5.41, 5.74) is 0. The largest absolute Gasteiger partial charge is 0.463 e. The Labute approximate surface area is 114 Å². The van der Waals surface area contributed by atoms with Crippen LogP contribution >= 0.6 is 31.9 Å². The first-order valence-electron chi connectivity index (χ1n) is 4.48. The van der Waals surface area contributed by atoms with Crippen LogP contribution in [0.5, 0.6) is 0 Å². The third kappa shape index (κ3) is 4.55. The number of rotatable bonds is 6. The van der Waals surface area contributed by atoms with Crippen LogP contribution in [0.15, 0.2) is 0 Å². The molecule has 0 aliphatic carbocycles. The average molecular weight is 374 g/mol. The molecule has 8 heteroatoms. The first-order chi connectivity index (χ1) is 7.86. The summed E-state index contributed by atoms with van der Waals surface area (Å²) in [7, 11) is 1.04. The molecule has 0 amide bonds. The van der Waals surface area contributed by atoms with Crippen LogP contribution in [0, 0.1) is 0 Å². The van der Waals surface area contributed by atoms with Crippen LogP contribution in [-0.2, 0) is 28.7 Å². The molecule has 0 bridgehead atoms. The molecule has 96 valence electrons. The van der Waals surface area contributed by atoms with Gasteiger partial charge < -0.3 is 9.47 Å². The van der Waals surface area contributed by atoms with E-state index in [4.69, 9.17) is 0 Å². The number of carbonyl (C=O) groups is 4. The number of methoxy groups -OCH3 is 1. The first kappa shape index (κ1) is 16.2. The Balaban J connectivity index is 4.65. The molecule has 6 nitrogen and oxygen atoms in total. The third-order valence-corrected chi connectivity index (χ3v) is 4.22. The van der Waals surface area contributed by atoms with Gasteiger partial charge in [-0.3, -0.25) is 9.59 Å². The zero-order valence-electron chi connectivity index (χ0n) is 9.07. The summed E-state index contributed by atoms with van der Waals surface area (Å²) in [5.74, 6) is -4.09. The standard InChI is InChI=1S/C9H10Br2O6/c1-3-17-9(15)7(13)5(11)4(10)6(12)8(14)16-2/h4-5H,3H2,1-2H3. The molecule has 0 spiro atoms. The van der Waals surface area contributed by atoms with Gasteiger partial charge in [0, 0.05) is 0 Å². The van der Waals surface area contributed by atoms with E-state index in [0.717, 1.165) is 7.11 Å². The van der Waals surface area contributed by atoms with Crippen LogP contribution < -0.4 is 0 Å². The van der Waals surface area contributed by atoms with Crippen molar-refractivity contribution in [2.75, 3.05) is 13.7 Å². The molecule has 0 aromatic rings. The maximum absolute atomic E-state index is 11.4. The quantitative estimate of drug-likeness (QED) is 0.380. The van der Waals surface area contributed by atoms with E-state index in [1.807, 2.05) is 0 Å². The van der Waals surface area contributed by atoms with Crippen molar-refractivity contribution in [1.29, 1.82) is 0 Å². The van der Waals surface area contributed by atoms with E-state index in [0.29, 0.717) is 0 Å². The minimum absolute atomic E-state index is 0.0438. The lowest BCUT2D eigenvalue weighted by Crippen LogP contribution is -2.39. The number of alkyl halides is 2. The lowest BCUT2D eigenvalue weighted by Gasteiger charge is -2.12. The van der Waals surface area contributed by atoms with Gasteiger partial charge in [0.1, 0.15) is 9.65 Å². The van der Waals surface area contributed by atoms with Gasteiger partial charge in [-0.05, 0) is 6.92 Å². The fraction of sp³-hybridized carbons (Fsp3) is 0.556. The number of hydrogen-bond acceptors (Lipinski definition) is 6. The maximum atomic E-state index is 11.4. The summed E-state index contributed by atoms with van der Waals surface area (Å²) >= 11 is 5.70. The van der Waals surface area contributed by atoms with Crippen LogP contribution in [-0.4, -0.2) is 46.9 Å². The number of halogens is 2. The molecule has 0 aromatic heterocycles. The van der Waals surface area contributed by atoms with Gasteiger partial charge in [-0.15, -0.1) is 0 Å². The lowest BCUT2D eigenvalue weighted by atomic mass is 10.1. The summed E-state index contributed by atoms with van der Waals surface area (Å²) in [4.78, 5) is 42.4. The number of esters is 2. The Hall–Kier alpha value is -0.760. The first-order valence-corrected chi connectivity index (χ1v) is 6.31. The fourth-order valence-electron chi connectivity index (χ4n) is 0.794. The Morgan fingerprint density at radius 2 is 1.41 bits per heavy atom. The Bertz CT molecular complexity index is 340. The van der Waals surface area contributed by atoms with E-state index >= 15 is 0 Å². The number of ketones is 2. The van der Waals surface area contributed by atoms with Crippen LogP contribution in [0.1, 0.15) is 6.92 Å². The maximum Gasteiger partial charge on any atom is 0.375 e. The SMILES string of the molecule is CCOC(=O)C(=O)C(Br)C(Br)C(=O)C(=O)OC. The lowest BCUT2D eigenvalue weighted by molar-refractivity contribution is -0.154. The van der Waals surface area contributed by atoms with Crippen molar-refractivity contribution in [1.82, 2.24) is 0 Å². The Morgan fingerprint density at radius 1 is 1.00 bits per heavy atom. The molecule has 0 N–H and O–H groups in total. The van der Waals surface area contributed by atoms with Gasteiger partial charge in [0.05, 0.1) is 13.7 Å². The molecule has 0 saturated carbocycles. The fourth-order valence-corrected chi connectivity index (χ4v) is 1.65. The summed E-state index contributed by atoms with van der Waals surface area (Å²) in [6.07, 6.45) is 0. The van der Waals surface area contributed by atoms with Gasteiger partial charge in [-0.2, -0.15) is 0 Å². The van der Waals surface area contributed by atoms with Crippen molar-refractivity contribution >= 4 is 55.4 Å². The summed E-state index contributed by atoms with van der Waals surface area (Å²) < 4.78 is 8.68. The summed E-state index contributed by atoms with van der Waals surface area (Å²) in [6.45, 7) is 1.59. The molecule has 0 saturated heterocycles. The van der Waals surface area contributed by atoms with Gasteiger partial charge in [0.2, 0.25) is 0 Å². The van der Waals surface area contributed by atoms with Crippen molar-refractivity contribution in [3.05, 3.63) is 0 Å². The number of carbonyl (C=O) groups excluding carboxylic acids is 4. The third-order valence-electron chi connectivity index (χ3n) is 1.62. The minimum atomic E-state index is -1.19. The monoisotopic (exact) mass is 372 g/mol. The highest BCUT2D eigenvalue weighted by Gasteiger charge is 2.37. The van der Waals surface area contributed by atoms with E-state index in [1.165, 1.54) is 0 Å². The van der Waals surface area contributed by atoms with Crippen molar-refractivity contribution in [2.45, 2.75) is 16.6 Å². The summed E-state index contributed by atoms with van der Waals surface area (Å²) in [6, 6.07) is 0. The van der Waals surface area contributed by atoms with Crippen LogP contribution in [0.3, 0.4) is 0 Å². The predicted octanol–water partition coefficient (Wildman–Crippen LogP) is 0.388. The number of Topliss-reactive ketones (excluding diaryl/α,β-unsaturated/α-hetero) is 2. The van der Waals surface area contributed by atoms with Crippen LogP contribution in [0.2, 0.25) is 0 Å². The van der Waals surface area contributed by atoms with Crippen LogP contribution in [0.25, 0.3) is 0 Å². The van der Waals surface area contributed by atoms with Crippen molar-refractivity contribution in [3.63, 3.8) is 0 Å². The second-order valence-electron chi connectivity index (χ2n) is 2.74. The zero-order chi connectivity index (χ0) is 13.6. The second-order valence-corrected chi connectivity index (χ2v) is 4.72. The van der Waals surface area contributed by atoms with Gasteiger partial charge >= 0.3 is 11.9 Å². The van der Waals surface area contributed by atoms with Gasteiger partial charge in [0.25, 0.3) is 11.6 Å². The van der Waals surface area contributed by atoms with Crippen molar-refractivity contribution < 1.29 is 28.7 Å². The molecular formula is C9H10Br2O6. The molecule has 0 rings (SSSR count). The van der Waals surface area contributed by atoms with Crippen molar-refractivity contribution in [2.24, 2.45) is 0 Å². The average Bonchev–Trinajstić information content (AvgIpc) is 2.34. The molecule has 2 atom stereocenters. The molecular weight excluding hydrogens is 364 g/mol. The van der Waals surface area contributed by atoms with Crippen molar-refractivity contribution in [3.8, 4) is 0 Å². The molecule has 0 aromatic carbocycles. The zero-order valence-corrected chi connectivity index (χ0v) is 12.2. The smallest absolute Gasteiger partial charge is 0.375 e. The minimum Gasteiger partial charge on any atom is -0.463 e. The molecule has 0 aliphatic rings. The Kier molecular flexibility index (Phi) is 7.21. The molecule has 0 fully saturated rings. The van der Waals surface area contributed by atoms with E-state index in [2.05, 4.69) is 41.3 Å². The normalized spacial score (nSPS) is 13.4. The number of hydrogen-bond donors (Lipinski definition) is 0. The predicted molar refractivity (Wildman–Crippen MR) is 64.1 cm³/mol. The van der Waals surface area contributed by atoms with Gasteiger partial charge in [-0.25, -0.2) is 9.59 Å². The highest BCUT2D eigenvalue weighted by atomic mass is 79.9. The molecule has 0 radical (unpaired) electrons.